The number of nitrogens with zero attached hydrogens (tertiary/aromatic N) is 6. The van der Waals surface area contributed by atoms with E-state index in [1.807, 2.05) is 62.6 Å². The van der Waals surface area contributed by atoms with Gasteiger partial charge in [-0.05, 0) is 79.8 Å². The van der Waals surface area contributed by atoms with Gasteiger partial charge in [-0.3, -0.25) is 33.5 Å². The van der Waals surface area contributed by atoms with Crippen LogP contribution in [0.2, 0.25) is 0 Å². The molecule has 1 N–H and O–H groups in total. The molecule has 298 valence electrons. The second kappa shape index (κ2) is 15.7. The first-order chi connectivity index (χ1) is 28.3. The van der Waals surface area contributed by atoms with Crippen LogP contribution < -0.4 is 10.1 Å². The van der Waals surface area contributed by atoms with Crippen LogP contribution in [-0.2, 0) is 25.3 Å². The van der Waals surface area contributed by atoms with Crippen molar-refractivity contribution in [1.82, 2.24) is 23.6 Å². The number of amides is 2. The van der Waals surface area contributed by atoms with Crippen LogP contribution in [0.3, 0.4) is 0 Å². The van der Waals surface area contributed by atoms with Crippen LogP contribution in [0.15, 0.2) is 102 Å². The average Bonchev–Trinajstić information content (AvgIpc) is 3.99. The zero-order valence-electron chi connectivity index (χ0n) is 33.3. The minimum atomic E-state index is -0.256. The molecule has 13 heteroatoms. The van der Waals surface area contributed by atoms with Crippen molar-refractivity contribution in [3.63, 3.8) is 0 Å². The van der Waals surface area contributed by atoms with Crippen molar-refractivity contribution in [3.8, 4) is 16.9 Å². The first kappa shape index (κ1) is 38.7. The second-order valence-corrected chi connectivity index (χ2v) is 15.3. The zero-order valence-corrected chi connectivity index (χ0v) is 33.3. The molecule has 5 heterocycles. The summed E-state index contributed by atoms with van der Waals surface area (Å²) in [5.41, 5.74) is 7.27. The number of aryl methyl sites for hydroxylation is 3. The predicted molar refractivity (Wildman–Crippen MR) is 225 cm³/mol. The summed E-state index contributed by atoms with van der Waals surface area (Å²) in [4.78, 5) is 75.5. The molecule has 0 spiro atoms. The molecule has 1 unspecified atom stereocenters. The number of carbonyl (C=O) groups excluding carboxylic acids is 5. The number of hydrogen-bond acceptors (Lipinski definition) is 8. The highest BCUT2D eigenvalue weighted by Crippen LogP contribution is 2.35. The number of hydrogen-bond donors (Lipinski definition) is 1. The van der Waals surface area contributed by atoms with Gasteiger partial charge in [0.2, 0.25) is 11.7 Å². The van der Waals surface area contributed by atoms with Crippen LogP contribution in [0, 0.1) is 6.92 Å². The molecule has 1 fully saturated rings. The van der Waals surface area contributed by atoms with E-state index < -0.39 is 0 Å². The molecule has 0 saturated carbocycles. The fourth-order valence-electron chi connectivity index (χ4n) is 7.70. The lowest BCUT2D eigenvalue weighted by Crippen LogP contribution is -2.35. The molecule has 59 heavy (non-hydrogen) atoms. The summed E-state index contributed by atoms with van der Waals surface area (Å²) in [6.45, 7) is 8.24. The standard InChI is InChI=1S/C46H43N7O6/c1-27-17-35-23-47-37-22-41(28(2)18-36(37)45(57)53(35)24-27)59-16-6-7-43(56)48-42-26-51(5)44(49-42)40(55)19-30-8-10-31(11-9-30)34-21-39(50(4)25-34)46(58)52-15-14-33-20-32(29(3)54)12-13-38(33)52/h8-15,18,20-23,25-26,35H,1,6-7,16-17,19,24H2,2-5H3,(H,48,56). The Morgan fingerprint density at radius 2 is 1.75 bits per heavy atom. The van der Waals surface area contributed by atoms with Crippen molar-refractivity contribution in [2.45, 2.75) is 45.6 Å². The van der Waals surface area contributed by atoms with E-state index in [4.69, 9.17) is 4.74 Å². The molecule has 8 rings (SSSR count). The number of ketones is 2. The Bertz CT molecular complexity index is 2750. The number of benzene rings is 3. The van der Waals surface area contributed by atoms with Crippen molar-refractivity contribution in [1.29, 1.82) is 0 Å². The normalized spacial score (nSPS) is 14.6. The molecular weight excluding hydrogens is 747 g/mol. The smallest absolute Gasteiger partial charge is 0.278 e. The highest BCUT2D eigenvalue weighted by molar-refractivity contribution is 6.05. The van der Waals surface area contributed by atoms with Gasteiger partial charge in [0.05, 0.1) is 29.4 Å². The zero-order chi connectivity index (χ0) is 41.5. The third-order valence-electron chi connectivity index (χ3n) is 10.9. The van der Waals surface area contributed by atoms with Crippen LogP contribution in [-0.4, -0.2) is 78.3 Å². The maximum Gasteiger partial charge on any atom is 0.278 e. The lowest BCUT2D eigenvalue weighted by atomic mass is 10.0. The number of Topliss-reactive ketones (excluding diaryl/α,β-unsaturated/α-hetero) is 2. The number of nitrogens with one attached hydrogen (secondary N) is 1. The van der Waals surface area contributed by atoms with E-state index in [1.165, 1.54) is 6.92 Å². The van der Waals surface area contributed by atoms with Gasteiger partial charge in [0, 0.05) is 80.9 Å². The molecule has 2 amide bonds. The summed E-state index contributed by atoms with van der Waals surface area (Å²) in [5, 5.41) is 3.60. The number of fused-ring (bicyclic) bond motifs is 3. The van der Waals surface area contributed by atoms with E-state index in [0.29, 0.717) is 47.6 Å². The largest absolute Gasteiger partial charge is 0.493 e. The lowest BCUT2D eigenvalue weighted by molar-refractivity contribution is -0.116. The van der Waals surface area contributed by atoms with Gasteiger partial charge in [-0.1, -0.05) is 36.4 Å². The van der Waals surface area contributed by atoms with E-state index in [0.717, 1.165) is 38.7 Å². The number of rotatable bonds is 12. The Morgan fingerprint density at radius 3 is 2.53 bits per heavy atom. The van der Waals surface area contributed by atoms with Gasteiger partial charge in [-0.2, -0.15) is 0 Å². The summed E-state index contributed by atoms with van der Waals surface area (Å²) < 4.78 is 11.0. The summed E-state index contributed by atoms with van der Waals surface area (Å²) in [5.74, 6) is 0.367. The topological polar surface area (TPSA) is 150 Å². The van der Waals surface area contributed by atoms with E-state index in [-0.39, 0.29) is 66.4 Å². The molecule has 1 saturated heterocycles. The van der Waals surface area contributed by atoms with Gasteiger partial charge in [-0.15, -0.1) is 0 Å². The molecular formula is C46H43N7O6. The van der Waals surface area contributed by atoms with Crippen molar-refractivity contribution < 1.29 is 28.7 Å². The van der Waals surface area contributed by atoms with Gasteiger partial charge in [0.1, 0.15) is 11.4 Å². The molecule has 2 aliphatic rings. The lowest BCUT2D eigenvalue weighted by Gasteiger charge is -2.20. The number of ether oxygens (including phenoxy) is 1. The van der Waals surface area contributed by atoms with Crippen molar-refractivity contribution in [2.24, 2.45) is 19.1 Å². The summed E-state index contributed by atoms with van der Waals surface area (Å²) >= 11 is 0. The number of aliphatic imine (C=N–C) groups is 1. The molecule has 3 aromatic heterocycles. The van der Waals surface area contributed by atoms with Gasteiger partial charge < -0.3 is 24.1 Å². The Labute approximate surface area is 340 Å². The maximum atomic E-state index is 13.6. The number of carbonyl (C=O) groups is 5. The number of aromatic nitrogens is 4. The highest BCUT2D eigenvalue weighted by atomic mass is 16.5. The monoisotopic (exact) mass is 789 g/mol. The Hall–Kier alpha value is -7.15. The van der Waals surface area contributed by atoms with Crippen molar-refractivity contribution in [3.05, 3.63) is 131 Å². The van der Waals surface area contributed by atoms with Gasteiger partial charge in [0.25, 0.3) is 11.8 Å². The number of anilines is 1. The molecule has 0 bridgehead atoms. The van der Waals surface area contributed by atoms with E-state index in [2.05, 4.69) is 21.9 Å². The Kier molecular flexibility index (Phi) is 10.3. The molecule has 0 radical (unpaired) electrons. The van der Waals surface area contributed by atoms with Gasteiger partial charge >= 0.3 is 0 Å². The van der Waals surface area contributed by atoms with E-state index >= 15 is 0 Å². The minimum absolute atomic E-state index is 0.0330. The number of imidazole rings is 1. The average molecular weight is 790 g/mol. The Balaban J connectivity index is 0.836. The molecule has 1 atom stereocenters. The molecule has 3 aromatic carbocycles. The predicted octanol–water partition coefficient (Wildman–Crippen LogP) is 7.29. The van der Waals surface area contributed by atoms with Crippen LogP contribution in [0.5, 0.6) is 5.75 Å². The van der Waals surface area contributed by atoms with Crippen LogP contribution >= 0.6 is 0 Å². The van der Waals surface area contributed by atoms with Gasteiger partial charge in [0.15, 0.2) is 17.4 Å². The first-order valence-electron chi connectivity index (χ1n) is 19.4. The third-order valence-corrected chi connectivity index (χ3v) is 10.9. The fraction of sp³-hybridized carbons (Fsp3) is 0.239. The van der Waals surface area contributed by atoms with Crippen LogP contribution in [0.4, 0.5) is 11.5 Å². The first-order valence-corrected chi connectivity index (χ1v) is 19.4. The van der Waals surface area contributed by atoms with E-state index in [9.17, 15) is 24.0 Å². The quantitative estimate of drug-likeness (QED) is 0.0778. The molecule has 13 nitrogen and oxygen atoms in total. The fourth-order valence-corrected chi connectivity index (χ4v) is 7.70. The summed E-state index contributed by atoms with van der Waals surface area (Å²) in [6, 6.07) is 20.1. The SMILES string of the molecule is C=C1CC2C=Nc3cc(OCCCC(=O)Nc4cn(C)c(C(=O)Cc5ccc(-c6cc(C(=O)n7ccc8cc(C(C)=O)ccc87)n(C)c6)cc5)n4)c(C)cc3C(=O)N2C1. The van der Waals surface area contributed by atoms with Crippen LogP contribution in [0.1, 0.15) is 79.1 Å². The Morgan fingerprint density at radius 1 is 0.949 bits per heavy atom. The summed E-state index contributed by atoms with van der Waals surface area (Å²) in [7, 11) is 3.53. The van der Waals surface area contributed by atoms with E-state index in [1.54, 1.807) is 68.5 Å². The highest BCUT2D eigenvalue weighted by Gasteiger charge is 2.34. The third kappa shape index (κ3) is 7.78. The maximum absolute atomic E-state index is 13.6. The summed E-state index contributed by atoms with van der Waals surface area (Å²) in [6.07, 6.45) is 8.45. The van der Waals surface area contributed by atoms with Crippen molar-refractivity contribution >= 4 is 57.9 Å². The minimum Gasteiger partial charge on any atom is -0.493 e. The van der Waals surface area contributed by atoms with Gasteiger partial charge in [-0.25, -0.2) is 4.98 Å². The second-order valence-electron chi connectivity index (χ2n) is 15.3. The molecule has 0 aliphatic carbocycles. The molecule has 2 aliphatic heterocycles. The van der Waals surface area contributed by atoms with Crippen molar-refractivity contribution in [2.75, 3.05) is 18.5 Å². The molecule has 6 aromatic rings. The van der Waals surface area contributed by atoms with Crippen LogP contribution in [0.25, 0.3) is 22.0 Å².